The van der Waals surface area contributed by atoms with Crippen molar-refractivity contribution >= 4 is 10.0 Å². The zero-order chi connectivity index (χ0) is 15.5. The number of hydrogen-bond donors (Lipinski definition) is 1. The van der Waals surface area contributed by atoms with Crippen LogP contribution in [0.25, 0.3) is 0 Å². The SMILES string of the molecule is CCNC(CC)c1cccc(S(=O)(=O)N2CCC(C)C2)c1. The number of rotatable bonds is 6. The van der Waals surface area contributed by atoms with E-state index in [1.165, 1.54) is 0 Å². The highest BCUT2D eigenvalue weighted by molar-refractivity contribution is 7.89. The van der Waals surface area contributed by atoms with Crippen molar-refractivity contribution in [2.45, 2.75) is 44.6 Å². The molecule has 0 saturated carbocycles. The van der Waals surface area contributed by atoms with Crippen molar-refractivity contribution in [3.63, 3.8) is 0 Å². The Kier molecular flexibility index (Phi) is 5.41. The van der Waals surface area contributed by atoms with Crippen LogP contribution in [0.3, 0.4) is 0 Å². The highest BCUT2D eigenvalue weighted by Gasteiger charge is 2.30. The molecule has 21 heavy (non-hydrogen) atoms. The number of hydrogen-bond acceptors (Lipinski definition) is 3. The Morgan fingerprint density at radius 3 is 2.71 bits per heavy atom. The molecule has 1 saturated heterocycles. The quantitative estimate of drug-likeness (QED) is 0.879. The van der Waals surface area contributed by atoms with E-state index >= 15 is 0 Å². The van der Waals surface area contributed by atoms with Crippen molar-refractivity contribution in [2.24, 2.45) is 5.92 Å². The molecule has 0 spiro atoms. The zero-order valence-electron chi connectivity index (χ0n) is 13.2. The maximum atomic E-state index is 12.7. The fourth-order valence-electron chi connectivity index (χ4n) is 2.90. The fourth-order valence-corrected chi connectivity index (χ4v) is 4.53. The predicted octanol–water partition coefficient (Wildman–Crippen LogP) is 2.78. The van der Waals surface area contributed by atoms with Gasteiger partial charge in [0.1, 0.15) is 0 Å². The second-order valence-corrected chi connectivity index (χ2v) is 7.79. The first-order valence-corrected chi connectivity index (χ1v) is 9.26. The first-order chi connectivity index (χ1) is 9.98. The molecule has 1 N–H and O–H groups in total. The van der Waals surface area contributed by atoms with Gasteiger partial charge in [0.25, 0.3) is 0 Å². The molecule has 1 aromatic carbocycles. The molecule has 0 aromatic heterocycles. The summed E-state index contributed by atoms with van der Waals surface area (Å²) in [7, 11) is -3.35. The molecule has 1 aromatic rings. The Balaban J connectivity index is 2.28. The van der Waals surface area contributed by atoms with Gasteiger partial charge in [0.2, 0.25) is 10.0 Å². The third kappa shape index (κ3) is 3.65. The highest BCUT2D eigenvalue weighted by Crippen LogP contribution is 2.26. The van der Waals surface area contributed by atoms with Gasteiger partial charge in [-0.05, 0) is 43.0 Å². The Morgan fingerprint density at radius 1 is 1.38 bits per heavy atom. The minimum atomic E-state index is -3.35. The molecule has 1 heterocycles. The predicted molar refractivity (Wildman–Crippen MR) is 85.7 cm³/mol. The van der Waals surface area contributed by atoms with E-state index < -0.39 is 10.0 Å². The maximum absolute atomic E-state index is 12.7. The molecule has 4 nitrogen and oxygen atoms in total. The van der Waals surface area contributed by atoms with Gasteiger partial charge in [0.15, 0.2) is 0 Å². The summed E-state index contributed by atoms with van der Waals surface area (Å²) in [5.41, 5.74) is 1.05. The van der Waals surface area contributed by atoms with Gasteiger partial charge in [-0.2, -0.15) is 4.31 Å². The standard InChI is InChI=1S/C16H26N2O2S/c1-4-16(17-5-2)14-7-6-8-15(11-14)21(19,20)18-10-9-13(3)12-18/h6-8,11,13,16-17H,4-5,9-10,12H2,1-3H3. The first-order valence-electron chi connectivity index (χ1n) is 7.82. The van der Waals surface area contributed by atoms with Crippen molar-refractivity contribution in [3.8, 4) is 0 Å². The summed E-state index contributed by atoms with van der Waals surface area (Å²) >= 11 is 0. The van der Waals surface area contributed by atoms with Gasteiger partial charge in [-0.3, -0.25) is 0 Å². The van der Waals surface area contributed by atoms with Gasteiger partial charge in [-0.1, -0.05) is 32.9 Å². The molecule has 0 aliphatic carbocycles. The van der Waals surface area contributed by atoms with Crippen LogP contribution in [-0.2, 0) is 10.0 Å². The van der Waals surface area contributed by atoms with Crippen LogP contribution in [-0.4, -0.2) is 32.4 Å². The van der Waals surface area contributed by atoms with Crippen LogP contribution in [0.2, 0.25) is 0 Å². The van der Waals surface area contributed by atoms with Crippen LogP contribution < -0.4 is 5.32 Å². The van der Waals surface area contributed by atoms with Gasteiger partial charge in [0.05, 0.1) is 4.90 Å². The smallest absolute Gasteiger partial charge is 0.243 e. The van der Waals surface area contributed by atoms with Gasteiger partial charge in [-0.15, -0.1) is 0 Å². The minimum Gasteiger partial charge on any atom is -0.310 e. The lowest BCUT2D eigenvalue weighted by molar-refractivity contribution is 0.464. The molecule has 1 aliphatic rings. The second kappa shape index (κ2) is 6.90. The molecular formula is C16H26N2O2S. The van der Waals surface area contributed by atoms with Crippen LogP contribution in [0.4, 0.5) is 0 Å². The average Bonchev–Trinajstić information content (AvgIpc) is 2.92. The van der Waals surface area contributed by atoms with E-state index in [2.05, 4.69) is 26.1 Å². The lowest BCUT2D eigenvalue weighted by atomic mass is 10.0. The summed E-state index contributed by atoms with van der Waals surface area (Å²) in [6.07, 6.45) is 1.89. The van der Waals surface area contributed by atoms with Gasteiger partial charge in [-0.25, -0.2) is 8.42 Å². The molecule has 0 radical (unpaired) electrons. The normalized spacial score (nSPS) is 21.6. The molecule has 2 atom stereocenters. The second-order valence-electron chi connectivity index (χ2n) is 5.85. The number of benzene rings is 1. The molecule has 0 bridgehead atoms. The Hall–Kier alpha value is -0.910. The summed E-state index contributed by atoms with van der Waals surface area (Å²) in [6.45, 7) is 8.42. The van der Waals surface area contributed by atoms with Crippen molar-refractivity contribution in [3.05, 3.63) is 29.8 Å². The van der Waals surface area contributed by atoms with Crippen molar-refractivity contribution < 1.29 is 8.42 Å². The third-order valence-electron chi connectivity index (χ3n) is 4.14. The van der Waals surface area contributed by atoms with E-state index in [9.17, 15) is 8.42 Å². The topological polar surface area (TPSA) is 49.4 Å². The molecule has 2 rings (SSSR count). The molecular weight excluding hydrogens is 284 g/mol. The Morgan fingerprint density at radius 2 is 2.14 bits per heavy atom. The van der Waals surface area contributed by atoms with E-state index in [1.807, 2.05) is 18.2 Å². The Bertz CT molecular complexity index is 571. The van der Waals surface area contributed by atoms with Gasteiger partial charge >= 0.3 is 0 Å². The van der Waals surface area contributed by atoms with E-state index in [-0.39, 0.29) is 6.04 Å². The Labute approximate surface area is 128 Å². The zero-order valence-corrected chi connectivity index (χ0v) is 14.0. The molecule has 118 valence electrons. The molecule has 1 fully saturated rings. The van der Waals surface area contributed by atoms with Crippen LogP contribution in [0.5, 0.6) is 0 Å². The number of nitrogens with one attached hydrogen (secondary N) is 1. The van der Waals surface area contributed by atoms with Crippen LogP contribution in [0.1, 0.15) is 45.2 Å². The van der Waals surface area contributed by atoms with Crippen molar-refractivity contribution in [1.29, 1.82) is 0 Å². The van der Waals surface area contributed by atoms with Crippen LogP contribution in [0, 0.1) is 5.92 Å². The summed E-state index contributed by atoms with van der Waals surface area (Å²) in [5, 5.41) is 3.40. The largest absolute Gasteiger partial charge is 0.310 e. The van der Waals surface area contributed by atoms with Crippen molar-refractivity contribution in [2.75, 3.05) is 19.6 Å². The molecule has 1 aliphatic heterocycles. The molecule has 2 unspecified atom stereocenters. The molecule has 0 amide bonds. The summed E-state index contributed by atoms with van der Waals surface area (Å²) in [5.74, 6) is 0.452. The van der Waals surface area contributed by atoms with E-state index in [4.69, 9.17) is 0 Å². The van der Waals surface area contributed by atoms with Crippen molar-refractivity contribution in [1.82, 2.24) is 9.62 Å². The first kappa shape index (κ1) is 16.5. The number of sulfonamides is 1. The monoisotopic (exact) mass is 310 g/mol. The fraction of sp³-hybridized carbons (Fsp3) is 0.625. The van der Waals surface area contributed by atoms with Gasteiger partial charge < -0.3 is 5.32 Å². The number of nitrogens with zero attached hydrogens (tertiary/aromatic N) is 1. The molecule has 5 heteroatoms. The summed E-state index contributed by atoms with van der Waals surface area (Å²) in [4.78, 5) is 0.422. The van der Waals surface area contributed by atoms with Crippen LogP contribution in [0.15, 0.2) is 29.2 Å². The summed E-state index contributed by atoms with van der Waals surface area (Å²) < 4.78 is 27.0. The maximum Gasteiger partial charge on any atom is 0.243 e. The average molecular weight is 310 g/mol. The van der Waals surface area contributed by atoms with Crippen LogP contribution >= 0.6 is 0 Å². The highest BCUT2D eigenvalue weighted by atomic mass is 32.2. The van der Waals surface area contributed by atoms with E-state index in [0.717, 1.165) is 24.9 Å². The summed E-state index contributed by atoms with van der Waals surface area (Å²) in [6, 6.07) is 7.60. The van der Waals surface area contributed by atoms with E-state index in [0.29, 0.717) is 23.9 Å². The lowest BCUT2D eigenvalue weighted by Crippen LogP contribution is -2.29. The van der Waals surface area contributed by atoms with Gasteiger partial charge in [0, 0.05) is 19.1 Å². The third-order valence-corrected chi connectivity index (χ3v) is 6.00. The lowest BCUT2D eigenvalue weighted by Gasteiger charge is -2.19. The van der Waals surface area contributed by atoms with E-state index in [1.54, 1.807) is 10.4 Å². The minimum absolute atomic E-state index is 0.211.